The summed E-state index contributed by atoms with van der Waals surface area (Å²) in [5.41, 5.74) is -0.311. The summed E-state index contributed by atoms with van der Waals surface area (Å²) >= 11 is 15.3. The van der Waals surface area contributed by atoms with Gasteiger partial charge in [-0.05, 0) is 73.8 Å². The van der Waals surface area contributed by atoms with Crippen LogP contribution < -0.4 is 16.0 Å². The molecule has 0 spiro atoms. The van der Waals surface area contributed by atoms with Crippen molar-refractivity contribution >= 4 is 82.8 Å². The number of benzene rings is 1. The van der Waals surface area contributed by atoms with Crippen molar-refractivity contribution in [3.63, 3.8) is 0 Å². The van der Waals surface area contributed by atoms with Gasteiger partial charge in [-0.3, -0.25) is 14.4 Å². The van der Waals surface area contributed by atoms with Gasteiger partial charge in [-0.2, -0.15) is 0 Å². The first-order valence-electron chi connectivity index (χ1n) is 7.03. The van der Waals surface area contributed by atoms with Gasteiger partial charge in [0.15, 0.2) is 0 Å². The summed E-state index contributed by atoms with van der Waals surface area (Å²) in [4.78, 5) is 36.6. The number of hydrogen-bond acceptors (Lipinski definition) is 5. The molecule has 1 aromatic carbocycles. The zero-order valence-corrected chi connectivity index (χ0v) is 19.0. The van der Waals surface area contributed by atoms with Crippen LogP contribution in [-0.2, 0) is 4.79 Å². The summed E-state index contributed by atoms with van der Waals surface area (Å²) in [7, 11) is 0. The highest BCUT2D eigenvalue weighted by atomic mass is 80.0. The number of aliphatic hydroxyl groups is 2. The molecule has 0 aliphatic rings. The summed E-state index contributed by atoms with van der Waals surface area (Å²) in [5, 5.41) is 25.3. The zero-order valence-electron chi connectivity index (χ0n) is 13.4. The van der Waals surface area contributed by atoms with E-state index in [0.29, 0.717) is 0 Å². The molecule has 5 N–H and O–H groups in total. The van der Waals surface area contributed by atoms with Crippen LogP contribution >= 0.6 is 59.4 Å². The molecular formula is C14H15Br3ClN3O5. The molecule has 3 amide bonds. The summed E-state index contributed by atoms with van der Waals surface area (Å²) in [6, 6.07) is 2.59. The van der Waals surface area contributed by atoms with Gasteiger partial charge in [-0.25, -0.2) is 0 Å². The minimum atomic E-state index is -1.29. The maximum atomic E-state index is 12.4. The fraction of sp³-hybridized carbons (Fsp3) is 0.357. The van der Waals surface area contributed by atoms with E-state index in [1.54, 1.807) is 0 Å². The fourth-order valence-electron chi connectivity index (χ4n) is 1.80. The summed E-state index contributed by atoms with van der Waals surface area (Å²) in [6.07, 6.45) is -2.33. The van der Waals surface area contributed by atoms with Crippen molar-refractivity contribution in [3.05, 3.63) is 28.3 Å². The van der Waals surface area contributed by atoms with Crippen molar-refractivity contribution in [2.45, 2.75) is 28.4 Å². The minimum Gasteiger partial charge on any atom is -0.374 e. The molecule has 0 saturated carbocycles. The number of rotatable bonds is 5. The fourth-order valence-corrected chi connectivity index (χ4v) is 2.43. The number of aliphatic hydroxyl groups excluding tert-OH is 2. The van der Waals surface area contributed by atoms with Crippen molar-refractivity contribution in [1.82, 2.24) is 10.6 Å². The zero-order chi connectivity index (χ0) is 20.2. The number of carbonyl (C=O) groups excluding carboxylic acids is 3. The van der Waals surface area contributed by atoms with Crippen LogP contribution in [0.3, 0.4) is 0 Å². The van der Waals surface area contributed by atoms with Crippen molar-refractivity contribution in [3.8, 4) is 0 Å². The summed E-state index contributed by atoms with van der Waals surface area (Å²) in [5.74, 6) is -2.14. The molecule has 1 aromatic rings. The predicted molar refractivity (Wildman–Crippen MR) is 108 cm³/mol. The van der Waals surface area contributed by atoms with E-state index in [0.717, 1.165) is 0 Å². The highest BCUT2D eigenvalue weighted by molar-refractivity contribution is 9.40. The third-order valence-electron chi connectivity index (χ3n) is 2.80. The summed E-state index contributed by atoms with van der Waals surface area (Å²) in [6.45, 7) is 2.65. The molecule has 0 aliphatic carbocycles. The Balaban J connectivity index is 3.42. The average Bonchev–Trinajstić information content (AvgIpc) is 2.44. The maximum absolute atomic E-state index is 12.4. The van der Waals surface area contributed by atoms with Gasteiger partial charge in [0.2, 0.25) is 2.14 Å². The normalized spacial score (nSPS) is 13.5. The highest BCUT2D eigenvalue weighted by Crippen LogP contribution is 2.36. The quantitative estimate of drug-likeness (QED) is 0.270. The second kappa shape index (κ2) is 9.47. The van der Waals surface area contributed by atoms with Crippen molar-refractivity contribution < 1.29 is 24.6 Å². The Morgan fingerprint density at radius 3 is 2.00 bits per heavy atom. The molecule has 0 aliphatic heterocycles. The molecule has 1 rings (SSSR count). The van der Waals surface area contributed by atoms with E-state index >= 15 is 0 Å². The van der Waals surface area contributed by atoms with Crippen LogP contribution in [0.4, 0.5) is 5.69 Å². The Labute approximate surface area is 179 Å². The summed E-state index contributed by atoms with van der Waals surface area (Å²) < 4.78 is -1.29. The molecule has 2 atom stereocenters. The van der Waals surface area contributed by atoms with Crippen molar-refractivity contribution in [1.29, 1.82) is 0 Å². The first kappa shape index (κ1) is 23.3. The molecule has 0 fully saturated rings. The molecule has 12 heteroatoms. The molecule has 0 bridgehead atoms. The minimum absolute atomic E-state index is 0.00877. The Morgan fingerprint density at radius 2 is 1.54 bits per heavy atom. The number of hydrogen-bond donors (Lipinski definition) is 5. The van der Waals surface area contributed by atoms with Crippen LogP contribution in [0.15, 0.2) is 12.1 Å². The van der Waals surface area contributed by atoms with E-state index in [-0.39, 0.29) is 21.8 Å². The average molecular weight is 580 g/mol. The van der Waals surface area contributed by atoms with Gasteiger partial charge in [0.05, 0.1) is 21.8 Å². The highest BCUT2D eigenvalue weighted by Gasteiger charge is 2.31. The van der Waals surface area contributed by atoms with Crippen molar-refractivity contribution in [2.24, 2.45) is 0 Å². The van der Waals surface area contributed by atoms with Crippen LogP contribution in [0.25, 0.3) is 0 Å². The van der Waals surface area contributed by atoms with Gasteiger partial charge in [0.25, 0.3) is 17.7 Å². The van der Waals surface area contributed by atoms with Crippen molar-refractivity contribution in [2.75, 3.05) is 5.32 Å². The van der Waals surface area contributed by atoms with Crippen LogP contribution in [0.5, 0.6) is 0 Å². The molecule has 0 radical (unpaired) electrons. The van der Waals surface area contributed by atoms with E-state index in [9.17, 15) is 24.6 Å². The lowest BCUT2D eigenvalue weighted by Gasteiger charge is -2.19. The van der Waals surface area contributed by atoms with Gasteiger partial charge < -0.3 is 26.2 Å². The van der Waals surface area contributed by atoms with Gasteiger partial charge in [-0.15, -0.1) is 0 Å². The third kappa shape index (κ3) is 6.46. The number of amides is 3. The van der Waals surface area contributed by atoms with Crippen LogP contribution in [0, 0.1) is 0 Å². The monoisotopic (exact) mass is 577 g/mol. The first-order chi connectivity index (χ1) is 11.8. The van der Waals surface area contributed by atoms with E-state index < -0.39 is 32.3 Å². The van der Waals surface area contributed by atoms with Crippen LogP contribution in [0.1, 0.15) is 34.6 Å². The molecule has 26 heavy (non-hydrogen) atoms. The lowest BCUT2D eigenvalue weighted by atomic mass is 10.1. The second-order valence-corrected chi connectivity index (χ2v) is 12.2. The number of anilines is 1. The van der Waals surface area contributed by atoms with Gasteiger partial charge in [0, 0.05) is 0 Å². The molecule has 2 unspecified atom stereocenters. The lowest BCUT2D eigenvalue weighted by molar-refractivity contribution is -0.114. The maximum Gasteiger partial charge on any atom is 0.263 e. The van der Waals surface area contributed by atoms with Gasteiger partial charge in [-0.1, -0.05) is 11.6 Å². The standard InChI is InChI=1S/C14H15Br3ClN3O5/c1-5(22)19-11(24)7-3-4-8(21-13(26)14(15,16)17)9(10(7)18)12(25)20-6(2)23/h3-6,22-23H,1-2H3,(H,19,24)(H,20,25)(H,21,26). The number of carbonyl (C=O) groups is 3. The smallest absolute Gasteiger partial charge is 0.263 e. The Bertz CT molecular complexity index is 723. The Morgan fingerprint density at radius 1 is 1.04 bits per heavy atom. The predicted octanol–water partition coefficient (Wildman–Crippen LogP) is 2.25. The molecule has 0 heterocycles. The SMILES string of the molecule is CC(O)NC(=O)c1ccc(NC(=O)C(Br)(Br)Br)c(C(=O)NC(C)O)c1Cl. The number of nitrogens with one attached hydrogen (secondary N) is 3. The van der Waals surface area contributed by atoms with E-state index in [2.05, 4.69) is 63.7 Å². The lowest BCUT2D eigenvalue weighted by Crippen LogP contribution is -2.35. The van der Waals surface area contributed by atoms with E-state index in [4.69, 9.17) is 11.6 Å². The molecule has 144 valence electrons. The third-order valence-corrected chi connectivity index (χ3v) is 4.27. The molecule has 0 saturated heterocycles. The largest absolute Gasteiger partial charge is 0.374 e. The molecular weight excluding hydrogens is 565 g/mol. The van der Waals surface area contributed by atoms with E-state index in [1.807, 2.05) is 0 Å². The number of halogens is 4. The number of alkyl halides is 3. The Kier molecular flexibility index (Phi) is 8.49. The molecule has 8 nitrogen and oxygen atoms in total. The van der Waals surface area contributed by atoms with Crippen LogP contribution in [-0.4, -0.2) is 42.5 Å². The Hall–Kier alpha value is -0.720. The first-order valence-corrected chi connectivity index (χ1v) is 9.78. The second-order valence-electron chi connectivity index (χ2n) is 5.10. The van der Waals surface area contributed by atoms with Gasteiger partial charge >= 0.3 is 0 Å². The van der Waals surface area contributed by atoms with Gasteiger partial charge in [0.1, 0.15) is 12.5 Å². The molecule has 0 aromatic heterocycles. The van der Waals surface area contributed by atoms with Crippen LogP contribution in [0.2, 0.25) is 5.02 Å². The van der Waals surface area contributed by atoms with E-state index in [1.165, 1.54) is 26.0 Å². The topological polar surface area (TPSA) is 128 Å².